The van der Waals surface area contributed by atoms with Crippen molar-refractivity contribution >= 4 is 33.9 Å². The first-order chi connectivity index (χ1) is 16.3. The largest absolute Gasteiger partial charge is 0.507 e. The fraction of sp³-hybridized carbons (Fsp3) is 0.240. The van der Waals surface area contributed by atoms with Crippen LogP contribution in [0.2, 0.25) is 0 Å². The number of carbonyl (C=O) groups excluding carboxylic acids is 2. The van der Waals surface area contributed by atoms with Crippen molar-refractivity contribution in [1.82, 2.24) is 4.98 Å². The van der Waals surface area contributed by atoms with Crippen LogP contribution in [0, 0.1) is 13.8 Å². The van der Waals surface area contributed by atoms with Crippen LogP contribution in [0.3, 0.4) is 0 Å². The van der Waals surface area contributed by atoms with E-state index in [1.54, 1.807) is 42.5 Å². The number of nitrogens with zero attached hydrogens (tertiary/aromatic N) is 2. The number of amides is 1. The number of ketones is 1. The van der Waals surface area contributed by atoms with Crippen LogP contribution in [0.5, 0.6) is 17.2 Å². The molecule has 2 aromatic carbocycles. The Morgan fingerprint density at radius 3 is 2.26 bits per heavy atom. The first-order valence-corrected chi connectivity index (χ1v) is 11.2. The van der Waals surface area contributed by atoms with Crippen molar-refractivity contribution in [3.05, 3.63) is 69.7 Å². The minimum Gasteiger partial charge on any atom is -0.507 e. The standard InChI is InChI=1S/C25H24N2O6S/c1-13-14(2)34-25(26-13)27-20(17-7-6-8-18(32-4)23(17)33-5)19(22(29)24(27)30)21(28)15-9-11-16(31-3)12-10-15/h6-12,20,28H,1-5H3/b21-19+. The Morgan fingerprint density at radius 1 is 1.00 bits per heavy atom. The Bertz CT molecular complexity index is 1280. The molecule has 2 heterocycles. The minimum absolute atomic E-state index is 0.0628. The average Bonchev–Trinajstić information content (AvgIpc) is 3.32. The highest BCUT2D eigenvalue weighted by atomic mass is 32.1. The van der Waals surface area contributed by atoms with Gasteiger partial charge < -0.3 is 19.3 Å². The summed E-state index contributed by atoms with van der Waals surface area (Å²) >= 11 is 1.30. The van der Waals surface area contributed by atoms with Crippen LogP contribution in [-0.2, 0) is 9.59 Å². The fourth-order valence-corrected chi connectivity index (χ4v) is 4.85. The van der Waals surface area contributed by atoms with Gasteiger partial charge in [-0.15, -0.1) is 11.3 Å². The third-order valence-electron chi connectivity index (χ3n) is 5.76. The van der Waals surface area contributed by atoms with Gasteiger partial charge in [0, 0.05) is 16.0 Å². The first kappa shape index (κ1) is 23.3. The molecule has 34 heavy (non-hydrogen) atoms. The third kappa shape index (κ3) is 3.77. The van der Waals surface area contributed by atoms with Crippen LogP contribution >= 0.6 is 11.3 Å². The number of thiazole rings is 1. The summed E-state index contributed by atoms with van der Waals surface area (Å²) in [5.41, 5.74) is 1.56. The van der Waals surface area contributed by atoms with Gasteiger partial charge in [0.1, 0.15) is 17.6 Å². The van der Waals surface area contributed by atoms with E-state index in [0.29, 0.717) is 33.5 Å². The van der Waals surface area contributed by atoms with E-state index in [4.69, 9.17) is 14.2 Å². The Balaban J connectivity index is 2.00. The summed E-state index contributed by atoms with van der Waals surface area (Å²) in [6.45, 7) is 3.73. The molecule has 1 amide bonds. The molecule has 176 valence electrons. The maximum atomic E-state index is 13.3. The molecule has 1 aliphatic heterocycles. The van der Waals surface area contributed by atoms with Crippen LogP contribution in [0.25, 0.3) is 5.76 Å². The van der Waals surface area contributed by atoms with Gasteiger partial charge in [-0.2, -0.15) is 0 Å². The lowest BCUT2D eigenvalue weighted by atomic mass is 9.94. The lowest BCUT2D eigenvalue weighted by molar-refractivity contribution is -0.132. The van der Waals surface area contributed by atoms with Crippen molar-refractivity contribution in [3.8, 4) is 17.2 Å². The normalized spacial score (nSPS) is 17.2. The van der Waals surface area contributed by atoms with Crippen molar-refractivity contribution in [2.75, 3.05) is 26.2 Å². The summed E-state index contributed by atoms with van der Waals surface area (Å²) in [7, 11) is 4.52. The number of hydrogen-bond donors (Lipinski definition) is 1. The maximum Gasteiger partial charge on any atom is 0.301 e. The van der Waals surface area contributed by atoms with Crippen LogP contribution in [0.15, 0.2) is 48.0 Å². The zero-order valence-corrected chi connectivity index (χ0v) is 20.2. The second-order valence-corrected chi connectivity index (χ2v) is 8.80. The van der Waals surface area contributed by atoms with Crippen LogP contribution < -0.4 is 19.1 Å². The number of aryl methyl sites for hydroxylation is 2. The molecule has 1 N–H and O–H groups in total. The average molecular weight is 481 g/mol. The molecule has 0 radical (unpaired) electrons. The van der Waals surface area contributed by atoms with Gasteiger partial charge in [-0.3, -0.25) is 14.5 Å². The highest BCUT2D eigenvalue weighted by molar-refractivity contribution is 7.16. The molecule has 1 fully saturated rings. The van der Waals surface area contributed by atoms with E-state index in [1.165, 1.54) is 37.6 Å². The summed E-state index contributed by atoms with van der Waals surface area (Å²) in [6.07, 6.45) is 0. The summed E-state index contributed by atoms with van der Waals surface area (Å²) in [5.74, 6) is -0.512. The molecule has 0 bridgehead atoms. The van der Waals surface area contributed by atoms with E-state index < -0.39 is 17.7 Å². The molecule has 0 aliphatic carbocycles. The monoisotopic (exact) mass is 480 g/mol. The Labute approximate surface area is 201 Å². The number of rotatable bonds is 6. The molecule has 1 saturated heterocycles. The number of aliphatic hydroxyl groups excluding tert-OH is 1. The van der Waals surface area contributed by atoms with Crippen molar-refractivity contribution in [1.29, 1.82) is 0 Å². The third-order valence-corrected chi connectivity index (χ3v) is 6.83. The number of aliphatic hydroxyl groups is 1. The summed E-state index contributed by atoms with van der Waals surface area (Å²) in [5, 5.41) is 11.6. The number of benzene rings is 2. The highest BCUT2D eigenvalue weighted by Crippen LogP contribution is 2.48. The summed E-state index contributed by atoms with van der Waals surface area (Å²) in [6, 6.07) is 10.8. The molecule has 8 nitrogen and oxygen atoms in total. The lowest BCUT2D eigenvalue weighted by Gasteiger charge is -2.25. The van der Waals surface area contributed by atoms with E-state index >= 15 is 0 Å². The predicted octanol–water partition coefficient (Wildman–Crippen LogP) is 4.41. The van der Waals surface area contributed by atoms with Gasteiger partial charge in [-0.25, -0.2) is 4.98 Å². The Hall–Kier alpha value is -3.85. The van der Waals surface area contributed by atoms with Crippen molar-refractivity contribution < 1.29 is 28.9 Å². The highest BCUT2D eigenvalue weighted by Gasteiger charge is 2.49. The van der Waals surface area contributed by atoms with Gasteiger partial charge in [0.25, 0.3) is 5.78 Å². The predicted molar refractivity (Wildman–Crippen MR) is 129 cm³/mol. The number of methoxy groups -OCH3 is 3. The molecule has 9 heteroatoms. The van der Waals surface area contributed by atoms with Crippen molar-refractivity contribution in [2.45, 2.75) is 19.9 Å². The number of Topliss-reactive ketones (excluding diaryl/α,β-unsaturated/α-hetero) is 1. The van der Waals surface area contributed by atoms with Crippen LogP contribution in [-0.4, -0.2) is 43.1 Å². The SMILES string of the molecule is COc1ccc(/C(O)=C2\C(=O)C(=O)N(c3nc(C)c(C)s3)C2c2cccc(OC)c2OC)cc1. The Morgan fingerprint density at radius 2 is 1.71 bits per heavy atom. The number of hydrogen-bond acceptors (Lipinski definition) is 8. The molecule has 1 aromatic heterocycles. The van der Waals surface area contributed by atoms with Gasteiger partial charge in [-0.1, -0.05) is 12.1 Å². The number of ether oxygens (including phenoxy) is 3. The molecule has 0 saturated carbocycles. The smallest absolute Gasteiger partial charge is 0.301 e. The lowest BCUT2D eigenvalue weighted by Crippen LogP contribution is -2.29. The van der Waals surface area contributed by atoms with Gasteiger partial charge in [0.2, 0.25) is 0 Å². The molecular weight excluding hydrogens is 456 g/mol. The number of aromatic nitrogens is 1. The molecular formula is C25H24N2O6S. The number of carbonyl (C=O) groups is 2. The van der Waals surface area contributed by atoms with Crippen LogP contribution in [0.1, 0.15) is 27.7 Å². The quantitative estimate of drug-likeness (QED) is 0.317. The van der Waals surface area contributed by atoms with Gasteiger partial charge >= 0.3 is 5.91 Å². The molecule has 1 aliphatic rings. The van der Waals surface area contributed by atoms with E-state index in [-0.39, 0.29) is 11.3 Å². The van der Waals surface area contributed by atoms with E-state index in [9.17, 15) is 14.7 Å². The zero-order chi connectivity index (χ0) is 24.6. The van der Waals surface area contributed by atoms with E-state index in [2.05, 4.69) is 4.98 Å². The van der Waals surface area contributed by atoms with Crippen LogP contribution in [0.4, 0.5) is 5.13 Å². The second-order valence-electron chi connectivity index (χ2n) is 7.62. The minimum atomic E-state index is -0.975. The van der Waals surface area contributed by atoms with Crippen molar-refractivity contribution in [2.24, 2.45) is 0 Å². The first-order valence-electron chi connectivity index (χ1n) is 10.4. The van der Waals surface area contributed by atoms with Gasteiger partial charge in [0.05, 0.1) is 32.6 Å². The summed E-state index contributed by atoms with van der Waals surface area (Å²) in [4.78, 5) is 33.4. The van der Waals surface area contributed by atoms with E-state index in [0.717, 1.165) is 10.6 Å². The maximum absolute atomic E-state index is 13.3. The topological polar surface area (TPSA) is 98.2 Å². The van der Waals surface area contributed by atoms with Crippen molar-refractivity contribution in [3.63, 3.8) is 0 Å². The number of anilines is 1. The molecule has 4 rings (SSSR count). The second kappa shape index (κ2) is 9.18. The zero-order valence-electron chi connectivity index (χ0n) is 19.4. The Kier molecular flexibility index (Phi) is 6.30. The van der Waals surface area contributed by atoms with Gasteiger partial charge in [0.15, 0.2) is 16.6 Å². The molecule has 0 spiro atoms. The van der Waals surface area contributed by atoms with Gasteiger partial charge in [-0.05, 0) is 44.2 Å². The number of para-hydroxylation sites is 1. The fourth-order valence-electron chi connectivity index (χ4n) is 3.91. The molecule has 3 aromatic rings. The summed E-state index contributed by atoms with van der Waals surface area (Å²) < 4.78 is 16.2. The van der Waals surface area contributed by atoms with E-state index in [1.807, 2.05) is 13.8 Å². The molecule has 1 unspecified atom stereocenters. The molecule has 1 atom stereocenters.